The van der Waals surface area contributed by atoms with Gasteiger partial charge in [0.2, 0.25) is 5.91 Å². The summed E-state index contributed by atoms with van der Waals surface area (Å²) in [5, 5.41) is 11.8. The predicted octanol–water partition coefficient (Wildman–Crippen LogP) is 0.770. The molecule has 2 unspecified atom stereocenters. The van der Waals surface area contributed by atoms with Gasteiger partial charge in [0.15, 0.2) is 0 Å². The first-order valence-electron chi connectivity index (χ1n) is 6.88. The smallest absolute Gasteiger partial charge is 0.271 e. The Morgan fingerprint density at radius 3 is 2.95 bits per heavy atom. The van der Waals surface area contributed by atoms with Gasteiger partial charge in [-0.15, -0.1) is 0 Å². The molecule has 1 saturated carbocycles. The second kappa shape index (κ2) is 5.00. The highest BCUT2D eigenvalue weighted by molar-refractivity contribution is 5.96. The Morgan fingerprint density at radius 1 is 1.40 bits per heavy atom. The molecule has 20 heavy (non-hydrogen) atoms. The number of hydrogen-bond donors (Lipinski definition) is 2. The van der Waals surface area contributed by atoms with Crippen LogP contribution < -0.4 is 5.32 Å². The van der Waals surface area contributed by atoms with Gasteiger partial charge in [0, 0.05) is 12.2 Å². The third kappa shape index (κ3) is 2.16. The van der Waals surface area contributed by atoms with E-state index in [1.54, 1.807) is 4.90 Å². The van der Waals surface area contributed by atoms with Crippen molar-refractivity contribution >= 4 is 11.8 Å². The van der Waals surface area contributed by atoms with Gasteiger partial charge in [0.1, 0.15) is 18.3 Å². The van der Waals surface area contributed by atoms with Crippen molar-refractivity contribution in [3.05, 3.63) is 23.5 Å². The fourth-order valence-corrected chi connectivity index (χ4v) is 3.14. The van der Waals surface area contributed by atoms with Gasteiger partial charge in [-0.25, -0.2) is 0 Å². The first-order chi connectivity index (χ1) is 9.69. The van der Waals surface area contributed by atoms with Crippen molar-refractivity contribution < 1.29 is 9.59 Å². The minimum absolute atomic E-state index is 0.0688. The predicted molar refractivity (Wildman–Crippen MR) is 70.7 cm³/mol. The van der Waals surface area contributed by atoms with Crippen LogP contribution in [0.4, 0.5) is 0 Å². The van der Waals surface area contributed by atoms with Gasteiger partial charge >= 0.3 is 0 Å². The number of carbonyl (C=O) groups excluding carboxylic acids is 2. The highest BCUT2D eigenvalue weighted by Gasteiger charge is 2.39. The Bertz CT molecular complexity index is 586. The van der Waals surface area contributed by atoms with Crippen molar-refractivity contribution in [1.29, 1.82) is 5.26 Å². The van der Waals surface area contributed by atoms with Crippen molar-refractivity contribution in [3.8, 4) is 6.07 Å². The van der Waals surface area contributed by atoms with E-state index in [1.807, 2.05) is 6.07 Å². The van der Waals surface area contributed by atoms with Crippen molar-refractivity contribution in [2.24, 2.45) is 0 Å². The van der Waals surface area contributed by atoms with Gasteiger partial charge in [-0.2, -0.15) is 5.26 Å². The van der Waals surface area contributed by atoms with Crippen LogP contribution in [-0.2, 0) is 4.79 Å². The molecule has 0 spiro atoms. The second-order valence-electron chi connectivity index (χ2n) is 5.37. The first kappa shape index (κ1) is 12.7. The molecule has 6 heteroatoms. The number of nitrogens with one attached hydrogen (secondary N) is 2. The van der Waals surface area contributed by atoms with E-state index in [0.29, 0.717) is 11.3 Å². The topological polar surface area (TPSA) is 89.0 Å². The molecule has 2 amide bonds. The molecule has 1 aliphatic heterocycles. The van der Waals surface area contributed by atoms with Crippen molar-refractivity contribution in [2.45, 2.75) is 37.8 Å². The lowest BCUT2D eigenvalue weighted by Gasteiger charge is -2.43. The number of H-pyrrole nitrogens is 1. The Balaban J connectivity index is 1.84. The summed E-state index contributed by atoms with van der Waals surface area (Å²) in [6, 6.07) is 3.66. The summed E-state index contributed by atoms with van der Waals surface area (Å²) in [7, 11) is 0. The van der Waals surface area contributed by atoms with Gasteiger partial charge in [0.25, 0.3) is 5.91 Å². The van der Waals surface area contributed by atoms with E-state index in [9.17, 15) is 9.59 Å². The van der Waals surface area contributed by atoms with Gasteiger partial charge in [-0.05, 0) is 18.9 Å². The van der Waals surface area contributed by atoms with Crippen LogP contribution >= 0.6 is 0 Å². The highest BCUT2D eigenvalue weighted by Crippen LogP contribution is 2.26. The quantitative estimate of drug-likeness (QED) is 0.791. The van der Waals surface area contributed by atoms with Crippen LogP contribution in [0.2, 0.25) is 0 Å². The van der Waals surface area contributed by atoms with Crippen LogP contribution in [0.15, 0.2) is 12.3 Å². The zero-order valence-electron chi connectivity index (χ0n) is 11.1. The summed E-state index contributed by atoms with van der Waals surface area (Å²) in [6.07, 6.45) is 5.52. The van der Waals surface area contributed by atoms with Gasteiger partial charge in [0.05, 0.1) is 11.6 Å². The Morgan fingerprint density at radius 2 is 2.20 bits per heavy atom. The number of rotatable bonds is 1. The number of piperazine rings is 1. The summed E-state index contributed by atoms with van der Waals surface area (Å²) >= 11 is 0. The lowest BCUT2D eigenvalue weighted by molar-refractivity contribution is -0.127. The average Bonchev–Trinajstić information content (AvgIpc) is 2.94. The van der Waals surface area contributed by atoms with E-state index in [2.05, 4.69) is 10.3 Å². The minimum atomic E-state index is -0.196. The molecule has 2 N–H and O–H groups in total. The van der Waals surface area contributed by atoms with E-state index < -0.39 is 0 Å². The molecule has 104 valence electrons. The molecule has 1 aliphatic carbocycles. The number of hydrogen-bond acceptors (Lipinski definition) is 3. The third-order valence-electron chi connectivity index (χ3n) is 4.09. The molecular formula is C14H16N4O2. The van der Waals surface area contributed by atoms with Crippen LogP contribution in [0, 0.1) is 11.3 Å². The number of amides is 2. The van der Waals surface area contributed by atoms with Crippen LogP contribution in [-0.4, -0.2) is 40.3 Å². The number of carbonyl (C=O) groups is 2. The Labute approximate surface area is 116 Å². The molecule has 0 radical (unpaired) electrons. The number of nitriles is 1. The maximum absolute atomic E-state index is 12.5. The molecule has 1 aromatic rings. The van der Waals surface area contributed by atoms with E-state index >= 15 is 0 Å². The van der Waals surface area contributed by atoms with E-state index in [1.165, 1.54) is 12.3 Å². The number of aromatic nitrogens is 1. The van der Waals surface area contributed by atoms with Gasteiger partial charge in [-0.1, -0.05) is 12.8 Å². The van der Waals surface area contributed by atoms with E-state index in [4.69, 9.17) is 5.26 Å². The first-order valence-corrected chi connectivity index (χ1v) is 6.88. The standard InChI is InChI=1S/C14H16N4O2/c15-6-9-5-11(16-7-9)14(20)18-8-13(19)17-10-3-1-2-4-12(10)18/h5,7,10,12,16H,1-4,8H2,(H,17,19). The molecule has 2 heterocycles. The average molecular weight is 272 g/mol. The monoisotopic (exact) mass is 272 g/mol. The summed E-state index contributed by atoms with van der Waals surface area (Å²) in [6.45, 7) is 0.0981. The SMILES string of the molecule is N#Cc1c[nH]c(C(=O)N2CC(=O)NC3CCCCC32)c1. The largest absolute Gasteiger partial charge is 0.356 e. The maximum atomic E-state index is 12.5. The molecule has 1 saturated heterocycles. The molecule has 1 aromatic heterocycles. The van der Waals surface area contributed by atoms with Gasteiger partial charge < -0.3 is 15.2 Å². The molecule has 0 aromatic carbocycles. The van der Waals surface area contributed by atoms with Crippen molar-refractivity contribution in [1.82, 2.24) is 15.2 Å². The summed E-state index contributed by atoms with van der Waals surface area (Å²) in [5.41, 5.74) is 0.801. The second-order valence-corrected chi connectivity index (χ2v) is 5.37. The molecule has 2 aliphatic rings. The molecule has 3 rings (SSSR count). The molecule has 2 atom stereocenters. The van der Waals surface area contributed by atoms with Crippen LogP contribution in [0.25, 0.3) is 0 Å². The zero-order valence-corrected chi connectivity index (χ0v) is 11.1. The maximum Gasteiger partial charge on any atom is 0.271 e. The van der Waals surface area contributed by atoms with Crippen molar-refractivity contribution in [2.75, 3.05) is 6.54 Å². The molecular weight excluding hydrogens is 256 g/mol. The molecule has 0 bridgehead atoms. The van der Waals surface area contributed by atoms with E-state index in [-0.39, 0.29) is 30.4 Å². The number of nitrogens with zero attached hydrogens (tertiary/aromatic N) is 2. The molecule has 2 fully saturated rings. The Kier molecular flexibility index (Phi) is 3.18. The summed E-state index contributed by atoms with van der Waals surface area (Å²) < 4.78 is 0. The number of fused-ring (bicyclic) bond motifs is 1. The highest BCUT2D eigenvalue weighted by atomic mass is 16.2. The summed E-state index contributed by atoms with van der Waals surface area (Å²) in [4.78, 5) is 28.8. The van der Waals surface area contributed by atoms with Crippen LogP contribution in [0.1, 0.15) is 41.7 Å². The third-order valence-corrected chi connectivity index (χ3v) is 4.09. The Hall–Kier alpha value is -2.29. The lowest BCUT2D eigenvalue weighted by atomic mass is 9.87. The van der Waals surface area contributed by atoms with Crippen LogP contribution in [0.5, 0.6) is 0 Å². The fourth-order valence-electron chi connectivity index (χ4n) is 3.14. The fraction of sp³-hybridized carbons (Fsp3) is 0.500. The van der Waals surface area contributed by atoms with Gasteiger partial charge in [-0.3, -0.25) is 9.59 Å². The zero-order chi connectivity index (χ0) is 14.1. The van der Waals surface area contributed by atoms with Crippen LogP contribution in [0.3, 0.4) is 0 Å². The lowest BCUT2D eigenvalue weighted by Crippen LogP contribution is -2.62. The minimum Gasteiger partial charge on any atom is -0.356 e. The van der Waals surface area contributed by atoms with E-state index in [0.717, 1.165) is 25.7 Å². The summed E-state index contributed by atoms with van der Waals surface area (Å²) in [5.74, 6) is -0.299. The number of aromatic amines is 1. The molecule has 6 nitrogen and oxygen atoms in total. The van der Waals surface area contributed by atoms with Crippen molar-refractivity contribution in [3.63, 3.8) is 0 Å². The normalized spacial score (nSPS) is 25.6.